The van der Waals surface area contributed by atoms with E-state index in [0.717, 1.165) is 64.3 Å². The van der Waals surface area contributed by atoms with Crippen LogP contribution >= 0.6 is 0 Å². The highest BCUT2D eigenvalue weighted by Gasteiger charge is 2.36. The van der Waals surface area contributed by atoms with E-state index >= 15 is 0 Å². The third kappa shape index (κ3) is 6.57. The predicted molar refractivity (Wildman–Crippen MR) is 180 cm³/mol. The monoisotopic (exact) mass is 554 g/mol. The molecule has 0 radical (unpaired) electrons. The number of benzene rings is 4. The van der Waals surface area contributed by atoms with Crippen LogP contribution in [0.25, 0.3) is 12.2 Å². The summed E-state index contributed by atoms with van der Waals surface area (Å²) in [5, 5.41) is 0. The summed E-state index contributed by atoms with van der Waals surface area (Å²) in [6.45, 7) is 6.93. The number of carbonyl (C=O) groups excluding carboxylic acids is 1. The van der Waals surface area contributed by atoms with Crippen molar-refractivity contribution in [2.45, 2.75) is 40.0 Å². The van der Waals surface area contributed by atoms with Crippen molar-refractivity contribution in [2.75, 3.05) is 23.9 Å². The van der Waals surface area contributed by atoms with Crippen molar-refractivity contribution < 1.29 is 4.79 Å². The topological polar surface area (TPSA) is 23.6 Å². The normalized spacial score (nSPS) is 17.5. The smallest absolute Gasteiger partial charge is 0.185 e. The number of anilines is 4. The number of Topliss-reactive ketones (excluding diaryl/α,β-unsaturated/α-hetero) is 1. The van der Waals surface area contributed by atoms with Gasteiger partial charge >= 0.3 is 0 Å². The standard InChI is InChI=1S/C39H42N2O/c1-6-39(2,3)33-27-31(25-29-17-21-36(22-18-29)40(4)34-13-9-7-10-14-34)38(42)32(28-33)26-30-19-23-37(24-20-30)41(5)35-15-11-8-12-16-35/h7-26,33H,6,27-28H2,1-5H3/b31-25-,32-26+. The van der Waals surface area contributed by atoms with Gasteiger partial charge in [0.2, 0.25) is 0 Å². The van der Waals surface area contributed by atoms with Crippen molar-refractivity contribution in [1.82, 2.24) is 0 Å². The summed E-state index contributed by atoms with van der Waals surface area (Å²) in [5.41, 5.74) is 8.60. The van der Waals surface area contributed by atoms with Crippen LogP contribution in [0.1, 0.15) is 51.2 Å². The summed E-state index contributed by atoms with van der Waals surface area (Å²) in [6, 6.07) is 37.7. The van der Waals surface area contributed by atoms with E-state index in [9.17, 15) is 4.79 Å². The van der Waals surface area contributed by atoms with Crippen LogP contribution in [0.2, 0.25) is 0 Å². The minimum Gasteiger partial charge on any atom is -0.345 e. The highest BCUT2D eigenvalue weighted by molar-refractivity contribution is 6.14. The molecule has 3 nitrogen and oxygen atoms in total. The Morgan fingerprint density at radius 2 is 0.976 bits per heavy atom. The average molecular weight is 555 g/mol. The van der Waals surface area contributed by atoms with E-state index in [1.807, 2.05) is 12.1 Å². The minimum atomic E-state index is 0.142. The Kier molecular flexibility index (Phi) is 8.77. The molecule has 4 aromatic rings. The summed E-state index contributed by atoms with van der Waals surface area (Å²) in [5.74, 6) is 0.582. The third-order valence-corrected chi connectivity index (χ3v) is 9.06. The van der Waals surface area contributed by atoms with Gasteiger partial charge in [0.15, 0.2) is 5.78 Å². The molecular weight excluding hydrogens is 512 g/mol. The van der Waals surface area contributed by atoms with E-state index in [0.29, 0.717) is 5.92 Å². The molecule has 1 aliphatic rings. The quantitative estimate of drug-likeness (QED) is 0.202. The first kappa shape index (κ1) is 29.1. The zero-order chi connectivity index (χ0) is 29.7. The molecule has 1 unspecified atom stereocenters. The van der Waals surface area contributed by atoms with Gasteiger partial charge in [0.25, 0.3) is 0 Å². The number of rotatable bonds is 8. The van der Waals surface area contributed by atoms with Crippen LogP contribution in [0.5, 0.6) is 0 Å². The van der Waals surface area contributed by atoms with Crippen molar-refractivity contribution in [1.29, 1.82) is 0 Å². The highest BCUT2D eigenvalue weighted by atomic mass is 16.1. The van der Waals surface area contributed by atoms with Crippen LogP contribution in [-0.4, -0.2) is 19.9 Å². The second-order valence-electron chi connectivity index (χ2n) is 12.1. The molecule has 0 spiro atoms. The Balaban J connectivity index is 1.40. The first-order valence-corrected chi connectivity index (χ1v) is 15.0. The van der Waals surface area contributed by atoms with Crippen LogP contribution < -0.4 is 9.80 Å². The van der Waals surface area contributed by atoms with E-state index in [4.69, 9.17) is 0 Å². The van der Waals surface area contributed by atoms with Crippen LogP contribution in [0.4, 0.5) is 22.7 Å². The molecular formula is C39H42N2O. The van der Waals surface area contributed by atoms with E-state index in [2.05, 4.69) is 154 Å². The molecule has 4 aromatic carbocycles. The summed E-state index contributed by atoms with van der Waals surface area (Å²) in [7, 11) is 4.16. The van der Waals surface area contributed by atoms with Crippen molar-refractivity contribution >= 4 is 40.7 Å². The zero-order valence-electron chi connectivity index (χ0n) is 25.5. The number of hydrogen-bond donors (Lipinski definition) is 0. The van der Waals surface area contributed by atoms with Gasteiger partial charge in [-0.1, -0.05) is 87.9 Å². The van der Waals surface area contributed by atoms with E-state index in [1.54, 1.807) is 0 Å². The van der Waals surface area contributed by atoms with Gasteiger partial charge in [0, 0.05) is 48.0 Å². The molecule has 214 valence electrons. The first-order valence-electron chi connectivity index (χ1n) is 15.0. The van der Waals surface area contributed by atoms with Gasteiger partial charge in [-0.05, 0) is 96.0 Å². The zero-order valence-corrected chi connectivity index (χ0v) is 25.5. The summed E-state index contributed by atoms with van der Waals surface area (Å²) >= 11 is 0. The Hall–Kier alpha value is -4.37. The van der Waals surface area contributed by atoms with E-state index in [-0.39, 0.29) is 11.2 Å². The molecule has 0 N–H and O–H groups in total. The molecule has 5 rings (SSSR count). The van der Waals surface area contributed by atoms with Crippen LogP contribution in [0.15, 0.2) is 120 Å². The molecule has 0 amide bonds. The first-order chi connectivity index (χ1) is 20.2. The lowest BCUT2D eigenvalue weighted by Gasteiger charge is -2.38. The highest BCUT2D eigenvalue weighted by Crippen LogP contribution is 2.44. The fourth-order valence-electron chi connectivity index (χ4n) is 5.68. The lowest BCUT2D eigenvalue weighted by atomic mass is 9.66. The van der Waals surface area contributed by atoms with Crippen molar-refractivity contribution in [3.63, 3.8) is 0 Å². The fraction of sp³-hybridized carbons (Fsp3) is 0.256. The number of para-hydroxylation sites is 2. The molecule has 42 heavy (non-hydrogen) atoms. The van der Waals surface area contributed by atoms with Gasteiger partial charge in [0.05, 0.1) is 0 Å². The van der Waals surface area contributed by atoms with Gasteiger partial charge < -0.3 is 9.80 Å². The van der Waals surface area contributed by atoms with Crippen LogP contribution in [0, 0.1) is 11.3 Å². The second kappa shape index (κ2) is 12.7. The average Bonchev–Trinajstić information content (AvgIpc) is 3.03. The lowest BCUT2D eigenvalue weighted by Crippen LogP contribution is -2.30. The molecule has 1 atom stereocenters. The Bertz CT molecular complexity index is 1440. The van der Waals surface area contributed by atoms with Gasteiger partial charge in [-0.15, -0.1) is 0 Å². The van der Waals surface area contributed by atoms with E-state index < -0.39 is 0 Å². The summed E-state index contributed by atoms with van der Waals surface area (Å²) < 4.78 is 0. The molecule has 0 bridgehead atoms. The molecule has 0 aliphatic heterocycles. The van der Waals surface area contributed by atoms with Gasteiger partial charge in [0.1, 0.15) is 0 Å². The molecule has 0 heterocycles. The number of ketones is 1. The summed E-state index contributed by atoms with van der Waals surface area (Å²) in [6.07, 6.45) is 6.91. The fourth-order valence-corrected chi connectivity index (χ4v) is 5.68. The molecule has 1 aliphatic carbocycles. The Labute approximate surface area is 251 Å². The molecule has 3 heteroatoms. The molecule has 0 aromatic heterocycles. The van der Waals surface area contributed by atoms with Gasteiger partial charge in [-0.2, -0.15) is 0 Å². The van der Waals surface area contributed by atoms with Crippen molar-refractivity contribution in [2.24, 2.45) is 11.3 Å². The van der Waals surface area contributed by atoms with E-state index in [1.165, 1.54) is 0 Å². The SMILES string of the molecule is CCC(C)(C)C1C/C(=C/c2ccc(N(C)c3ccccc3)cc2)C(=O)/C(=C/c2ccc(N(C)c3ccccc3)cc2)C1. The maximum atomic E-state index is 13.9. The van der Waals surface area contributed by atoms with Crippen molar-refractivity contribution in [3.05, 3.63) is 131 Å². The van der Waals surface area contributed by atoms with Gasteiger partial charge in [-0.3, -0.25) is 4.79 Å². The number of nitrogens with zero attached hydrogens (tertiary/aromatic N) is 2. The van der Waals surface area contributed by atoms with Crippen molar-refractivity contribution in [3.8, 4) is 0 Å². The summed E-state index contributed by atoms with van der Waals surface area (Å²) in [4.78, 5) is 18.2. The Morgan fingerprint density at radius 3 is 1.33 bits per heavy atom. The minimum absolute atomic E-state index is 0.142. The second-order valence-corrected chi connectivity index (χ2v) is 12.1. The largest absolute Gasteiger partial charge is 0.345 e. The third-order valence-electron chi connectivity index (χ3n) is 9.06. The maximum Gasteiger partial charge on any atom is 0.185 e. The van der Waals surface area contributed by atoms with Gasteiger partial charge in [-0.25, -0.2) is 0 Å². The predicted octanol–water partition coefficient (Wildman–Crippen LogP) is 10.1. The number of hydrogen-bond acceptors (Lipinski definition) is 3. The molecule has 1 saturated carbocycles. The number of allylic oxidation sites excluding steroid dienone is 2. The number of carbonyl (C=O) groups is 1. The Morgan fingerprint density at radius 1 is 0.619 bits per heavy atom. The van der Waals surface area contributed by atoms with Crippen LogP contribution in [0.3, 0.4) is 0 Å². The molecule has 1 fully saturated rings. The molecule has 0 saturated heterocycles. The van der Waals surface area contributed by atoms with Crippen LogP contribution in [-0.2, 0) is 4.79 Å². The maximum absolute atomic E-state index is 13.9. The lowest BCUT2D eigenvalue weighted by molar-refractivity contribution is -0.113.